The lowest BCUT2D eigenvalue weighted by molar-refractivity contribution is 0.162. The van der Waals surface area contributed by atoms with Gasteiger partial charge in [-0.2, -0.15) is 0 Å². The molecule has 1 aliphatic heterocycles. The lowest BCUT2D eigenvalue weighted by Gasteiger charge is -2.35. The Balaban J connectivity index is 1.41. The number of piperidine rings is 1. The fourth-order valence-corrected chi connectivity index (χ4v) is 3.69. The van der Waals surface area contributed by atoms with Gasteiger partial charge >= 0.3 is 6.03 Å². The minimum absolute atomic E-state index is 0.0137. The summed E-state index contributed by atoms with van der Waals surface area (Å²) in [4.78, 5) is 19.2. The maximum atomic E-state index is 12.8. The molecule has 2 heterocycles. The Bertz CT molecular complexity index is 710. The maximum Gasteiger partial charge on any atom is 0.322 e. The summed E-state index contributed by atoms with van der Waals surface area (Å²) in [6, 6.07) is 14.6. The second-order valence-electron chi connectivity index (χ2n) is 7.19. The third kappa shape index (κ3) is 4.01. The number of hydrogen-bond acceptors (Lipinski definition) is 2. The normalized spacial score (nSPS) is 20.3. The monoisotopic (exact) mass is 335 g/mol. The first-order valence-electron chi connectivity index (χ1n) is 9.37. The molecular weight excluding hydrogens is 310 g/mol. The highest BCUT2D eigenvalue weighted by Gasteiger charge is 2.27. The molecule has 1 atom stereocenters. The van der Waals surface area contributed by atoms with Crippen LogP contribution in [0.3, 0.4) is 0 Å². The van der Waals surface area contributed by atoms with Crippen molar-refractivity contribution in [2.24, 2.45) is 0 Å². The summed E-state index contributed by atoms with van der Waals surface area (Å²) < 4.78 is 0. The second-order valence-corrected chi connectivity index (χ2v) is 7.19. The number of carbonyl (C=O) groups is 1. The van der Waals surface area contributed by atoms with Gasteiger partial charge in [0.05, 0.1) is 0 Å². The number of amides is 2. The molecule has 25 heavy (non-hydrogen) atoms. The Morgan fingerprint density at radius 3 is 2.64 bits per heavy atom. The SMILES string of the molecule is O=C(Nc1ccc(C2CC2)cc1)N1CCCCC1Cc1ccccn1. The standard InChI is InChI=1S/C21H25N3O/c25-21(23-18-11-9-17(10-12-18)16-7-8-16)24-14-4-2-6-20(24)15-19-5-1-3-13-22-19/h1,3,5,9-13,16,20H,2,4,6-8,14-15H2,(H,23,25). The predicted molar refractivity (Wildman–Crippen MR) is 99.7 cm³/mol. The van der Waals surface area contributed by atoms with E-state index in [-0.39, 0.29) is 12.1 Å². The van der Waals surface area contributed by atoms with Crippen molar-refractivity contribution in [2.75, 3.05) is 11.9 Å². The van der Waals surface area contributed by atoms with Crippen LogP contribution in [0.4, 0.5) is 10.5 Å². The number of hydrogen-bond donors (Lipinski definition) is 1. The van der Waals surface area contributed by atoms with E-state index in [1.807, 2.05) is 41.4 Å². The third-order valence-corrected chi connectivity index (χ3v) is 5.27. The van der Waals surface area contributed by atoms with Crippen molar-refractivity contribution >= 4 is 11.7 Å². The molecule has 2 aromatic rings. The van der Waals surface area contributed by atoms with E-state index >= 15 is 0 Å². The summed E-state index contributed by atoms with van der Waals surface area (Å²) in [5.74, 6) is 0.745. The van der Waals surface area contributed by atoms with Crippen molar-refractivity contribution < 1.29 is 4.79 Å². The van der Waals surface area contributed by atoms with Gasteiger partial charge in [-0.3, -0.25) is 4.98 Å². The van der Waals surface area contributed by atoms with E-state index < -0.39 is 0 Å². The fourth-order valence-electron chi connectivity index (χ4n) is 3.69. The van der Waals surface area contributed by atoms with Gasteiger partial charge in [0.25, 0.3) is 0 Å². The molecule has 1 saturated carbocycles. The van der Waals surface area contributed by atoms with Crippen LogP contribution in [0.5, 0.6) is 0 Å². The highest BCUT2D eigenvalue weighted by molar-refractivity contribution is 5.89. The second kappa shape index (κ2) is 7.26. The molecule has 2 fully saturated rings. The first-order chi connectivity index (χ1) is 12.3. The van der Waals surface area contributed by atoms with Gasteiger partial charge in [-0.15, -0.1) is 0 Å². The number of anilines is 1. The number of carbonyl (C=O) groups excluding carboxylic acids is 1. The van der Waals surface area contributed by atoms with E-state index in [4.69, 9.17) is 0 Å². The summed E-state index contributed by atoms with van der Waals surface area (Å²) in [5, 5.41) is 3.08. The fraction of sp³-hybridized carbons (Fsp3) is 0.429. The van der Waals surface area contributed by atoms with Crippen LogP contribution in [0, 0.1) is 0 Å². The van der Waals surface area contributed by atoms with E-state index in [1.165, 1.54) is 24.8 Å². The molecule has 4 heteroatoms. The summed E-state index contributed by atoms with van der Waals surface area (Å²) in [6.07, 6.45) is 8.55. The zero-order valence-corrected chi connectivity index (χ0v) is 14.5. The van der Waals surface area contributed by atoms with Crippen molar-refractivity contribution in [3.63, 3.8) is 0 Å². The zero-order valence-electron chi connectivity index (χ0n) is 14.5. The summed E-state index contributed by atoms with van der Waals surface area (Å²) in [5.41, 5.74) is 3.33. The van der Waals surface area contributed by atoms with Gasteiger partial charge in [0.1, 0.15) is 0 Å². The molecule has 1 unspecified atom stereocenters. The highest BCUT2D eigenvalue weighted by atomic mass is 16.2. The maximum absolute atomic E-state index is 12.8. The van der Waals surface area contributed by atoms with E-state index in [0.717, 1.165) is 43.1 Å². The number of benzene rings is 1. The molecule has 1 N–H and O–H groups in total. The minimum atomic E-state index is 0.0137. The molecule has 2 amide bonds. The molecule has 1 aliphatic carbocycles. The topological polar surface area (TPSA) is 45.2 Å². The minimum Gasteiger partial charge on any atom is -0.321 e. The summed E-state index contributed by atoms with van der Waals surface area (Å²) in [6.45, 7) is 0.823. The summed E-state index contributed by atoms with van der Waals surface area (Å²) in [7, 11) is 0. The quantitative estimate of drug-likeness (QED) is 0.888. The van der Waals surface area contributed by atoms with Crippen LogP contribution in [0.25, 0.3) is 0 Å². The molecule has 0 radical (unpaired) electrons. The van der Waals surface area contributed by atoms with E-state index in [0.29, 0.717) is 0 Å². The average molecular weight is 335 g/mol. The lowest BCUT2D eigenvalue weighted by atomic mass is 9.98. The van der Waals surface area contributed by atoms with Gasteiger partial charge in [0.2, 0.25) is 0 Å². The number of nitrogens with one attached hydrogen (secondary N) is 1. The number of likely N-dealkylation sites (tertiary alicyclic amines) is 1. The molecule has 4 rings (SSSR count). The van der Waals surface area contributed by atoms with Crippen LogP contribution in [0.2, 0.25) is 0 Å². The van der Waals surface area contributed by atoms with Crippen molar-refractivity contribution in [1.29, 1.82) is 0 Å². The van der Waals surface area contributed by atoms with Crippen molar-refractivity contribution in [3.8, 4) is 0 Å². The van der Waals surface area contributed by atoms with E-state index in [9.17, 15) is 4.79 Å². The highest BCUT2D eigenvalue weighted by Crippen LogP contribution is 2.40. The number of pyridine rings is 1. The lowest BCUT2D eigenvalue weighted by Crippen LogP contribution is -2.47. The largest absolute Gasteiger partial charge is 0.322 e. The Labute approximate surface area is 149 Å². The first-order valence-corrected chi connectivity index (χ1v) is 9.37. The smallest absolute Gasteiger partial charge is 0.321 e. The predicted octanol–water partition coefficient (Wildman–Crippen LogP) is 4.59. The molecule has 0 bridgehead atoms. The van der Waals surface area contributed by atoms with Crippen molar-refractivity contribution in [1.82, 2.24) is 9.88 Å². The molecule has 1 aromatic carbocycles. The average Bonchev–Trinajstić information content (AvgIpc) is 3.49. The van der Waals surface area contributed by atoms with Crippen LogP contribution in [0.1, 0.15) is 49.3 Å². The van der Waals surface area contributed by atoms with Gasteiger partial charge in [-0.25, -0.2) is 4.79 Å². The number of nitrogens with zero attached hydrogens (tertiary/aromatic N) is 2. The van der Waals surface area contributed by atoms with Gasteiger partial charge in [-0.1, -0.05) is 18.2 Å². The summed E-state index contributed by atoms with van der Waals surface area (Å²) >= 11 is 0. The van der Waals surface area contributed by atoms with Gasteiger partial charge in [-0.05, 0) is 67.9 Å². The Morgan fingerprint density at radius 2 is 1.92 bits per heavy atom. The van der Waals surface area contributed by atoms with Crippen LogP contribution in [0.15, 0.2) is 48.7 Å². The van der Waals surface area contributed by atoms with E-state index in [1.54, 1.807) is 0 Å². The molecule has 1 aromatic heterocycles. The molecule has 4 nitrogen and oxygen atoms in total. The van der Waals surface area contributed by atoms with Crippen LogP contribution in [-0.2, 0) is 6.42 Å². The van der Waals surface area contributed by atoms with Crippen molar-refractivity contribution in [2.45, 2.75) is 50.5 Å². The number of urea groups is 1. The number of aromatic nitrogens is 1. The van der Waals surface area contributed by atoms with Gasteiger partial charge < -0.3 is 10.2 Å². The number of rotatable bonds is 4. The molecule has 130 valence electrons. The Morgan fingerprint density at radius 1 is 1.08 bits per heavy atom. The first kappa shape index (κ1) is 16.1. The molecule has 2 aliphatic rings. The molecular formula is C21H25N3O. The van der Waals surface area contributed by atoms with E-state index in [2.05, 4.69) is 22.4 Å². The zero-order chi connectivity index (χ0) is 17.1. The van der Waals surface area contributed by atoms with Crippen LogP contribution in [-0.4, -0.2) is 28.5 Å². The Kier molecular flexibility index (Phi) is 4.68. The third-order valence-electron chi connectivity index (χ3n) is 5.27. The van der Waals surface area contributed by atoms with Crippen LogP contribution >= 0.6 is 0 Å². The van der Waals surface area contributed by atoms with Gasteiger partial charge in [0, 0.05) is 36.6 Å². The molecule has 1 saturated heterocycles. The molecule has 0 spiro atoms. The van der Waals surface area contributed by atoms with Crippen LogP contribution < -0.4 is 5.32 Å². The van der Waals surface area contributed by atoms with Crippen molar-refractivity contribution in [3.05, 3.63) is 59.9 Å². The Hall–Kier alpha value is -2.36. The van der Waals surface area contributed by atoms with Gasteiger partial charge in [0.15, 0.2) is 0 Å².